The summed E-state index contributed by atoms with van der Waals surface area (Å²) in [6.45, 7) is 2.90. The van der Waals surface area contributed by atoms with Gasteiger partial charge in [0.25, 0.3) is 0 Å². The minimum absolute atomic E-state index is 0. The van der Waals surface area contributed by atoms with Crippen molar-refractivity contribution >= 4 is 9.52 Å². The monoisotopic (exact) mass is 208 g/mol. The van der Waals surface area contributed by atoms with Gasteiger partial charge in [0.05, 0.1) is 9.52 Å². The standard InChI is InChI=1S/C8H21NO2Si.H3N/c1-4-12-8(10-2,11-3)6-5-7-9;/h4-7,9,12H2,1-3H3;1H3. The van der Waals surface area contributed by atoms with Crippen molar-refractivity contribution in [3.05, 3.63) is 0 Å². The van der Waals surface area contributed by atoms with Crippen molar-refractivity contribution in [2.75, 3.05) is 20.8 Å². The highest BCUT2D eigenvalue weighted by molar-refractivity contribution is 6.38. The molecule has 0 rings (SSSR count). The summed E-state index contributed by atoms with van der Waals surface area (Å²) in [7, 11) is 3.16. The Labute approximate surface area is 83.6 Å². The maximum atomic E-state index is 5.45. The van der Waals surface area contributed by atoms with Gasteiger partial charge in [-0.1, -0.05) is 13.0 Å². The molecule has 0 amide bonds. The van der Waals surface area contributed by atoms with Crippen LogP contribution in [-0.4, -0.2) is 35.7 Å². The normalized spacial score (nSPS) is 12.0. The Morgan fingerprint density at radius 3 is 2.15 bits per heavy atom. The van der Waals surface area contributed by atoms with Crippen LogP contribution in [0.3, 0.4) is 0 Å². The van der Waals surface area contributed by atoms with Crippen molar-refractivity contribution in [2.45, 2.75) is 31.2 Å². The molecule has 0 aliphatic carbocycles. The maximum Gasteiger partial charge on any atom is 0.144 e. The molecule has 0 saturated heterocycles. The predicted octanol–water partition coefficient (Wildman–Crippen LogP) is 0.441. The number of methoxy groups -OCH3 is 2. The molecule has 5 heteroatoms. The molecule has 0 aromatic rings. The van der Waals surface area contributed by atoms with E-state index in [1.165, 1.54) is 6.04 Å². The van der Waals surface area contributed by atoms with Gasteiger partial charge in [0, 0.05) is 14.2 Å². The lowest BCUT2D eigenvalue weighted by molar-refractivity contribution is -0.149. The van der Waals surface area contributed by atoms with E-state index in [1.807, 2.05) is 0 Å². The van der Waals surface area contributed by atoms with Gasteiger partial charge in [0.15, 0.2) is 0 Å². The Kier molecular flexibility index (Phi) is 10.3. The highest BCUT2D eigenvalue weighted by Crippen LogP contribution is 2.17. The van der Waals surface area contributed by atoms with E-state index in [1.54, 1.807) is 14.2 Å². The highest BCUT2D eigenvalue weighted by atomic mass is 28.2. The van der Waals surface area contributed by atoms with Gasteiger partial charge in [0.1, 0.15) is 5.41 Å². The molecule has 0 radical (unpaired) electrons. The van der Waals surface area contributed by atoms with Crippen LogP contribution in [0, 0.1) is 0 Å². The van der Waals surface area contributed by atoms with Crippen molar-refractivity contribution in [1.82, 2.24) is 6.15 Å². The molecule has 0 bridgehead atoms. The molecule has 0 aromatic heterocycles. The average molecular weight is 208 g/mol. The van der Waals surface area contributed by atoms with E-state index in [0.29, 0.717) is 6.54 Å². The molecule has 0 heterocycles. The van der Waals surface area contributed by atoms with Crippen molar-refractivity contribution < 1.29 is 9.47 Å². The van der Waals surface area contributed by atoms with E-state index in [9.17, 15) is 0 Å². The van der Waals surface area contributed by atoms with Gasteiger partial charge in [-0.15, -0.1) is 0 Å². The second-order valence-corrected chi connectivity index (χ2v) is 5.54. The third-order valence-electron chi connectivity index (χ3n) is 2.14. The van der Waals surface area contributed by atoms with Crippen LogP contribution < -0.4 is 11.9 Å². The zero-order valence-electron chi connectivity index (χ0n) is 9.14. The van der Waals surface area contributed by atoms with Crippen molar-refractivity contribution in [1.29, 1.82) is 0 Å². The molecular formula is C8H24N2O2Si. The average Bonchev–Trinajstić information content (AvgIpc) is 2.13. The lowest BCUT2D eigenvalue weighted by Crippen LogP contribution is -2.40. The Morgan fingerprint density at radius 1 is 1.31 bits per heavy atom. The number of hydrogen-bond acceptors (Lipinski definition) is 4. The fraction of sp³-hybridized carbons (Fsp3) is 1.00. The SMILES string of the molecule is CC[SiH2]C(CCCN)(OC)OC.N. The summed E-state index contributed by atoms with van der Waals surface area (Å²) in [6, 6.07) is 1.20. The quantitative estimate of drug-likeness (QED) is 0.470. The number of nitrogens with two attached hydrogens (primary N) is 1. The van der Waals surface area contributed by atoms with Crippen LogP contribution in [0.4, 0.5) is 0 Å². The van der Waals surface area contributed by atoms with E-state index < -0.39 is 0 Å². The maximum absolute atomic E-state index is 5.45. The van der Waals surface area contributed by atoms with Crippen LogP contribution in [0.5, 0.6) is 0 Å². The van der Waals surface area contributed by atoms with Crippen LogP contribution in [-0.2, 0) is 9.47 Å². The molecule has 0 saturated carbocycles. The van der Waals surface area contributed by atoms with Crippen LogP contribution in [0.2, 0.25) is 6.04 Å². The summed E-state index contributed by atoms with van der Waals surface area (Å²) in [4.78, 5) is 0. The molecule has 13 heavy (non-hydrogen) atoms. The highest BCUT2D eigenvalue weighted by Gasteiger charge is 2.27. The fourth-order valence-electron chi connectivity index (χ4n) is 1.37. The summed E-state index contributed by atoms with van der Waals surface area (Å²) in [5, 5.41) is 0. The zero-order valence-corrected chi connectivity index (χ0v) is 10.6. The molecule has 0 atom stereocenters. The zero-order chi connectivity index (χ0) is 9.45. The number of hydrogen-bond donors (Lipinski definition) is 2. The first-order valence-corrected chi connectivity index (χ1v) is 6.25. The van der Waals surface area contributed by atoms with Gasteiger partial charge >= 0.3 is 0 Å². The van der Waals surface area contributed by atoms with Crippen molar-refractivity contribution in [3.8, 4) is 0 Å². The fourth-order valence-corrected chi connectivity index (χ4v) is 3.04. The summed E-state index contributed by atoms with van der Waals surface area (Å²) < 4.78 is 10.8. The first-order chi connectivity index (χ1) is 5.74. The van der Waals surface area contributed by atoms with Crippen LogP contribution in [0.1, 0.15) is 19.8 Å². The lowest BCUT2D eigenvalue weighted by Gasteiger charge is -2.30. The summed E-state index contributed by atoms with van der Waals surface area (Å²) in [5.41, 5.74) is 5.19. The van der Waals surface area contributed by atoms with Crippen molar-refractivity contribution in [3.63, 3.8) is 0 Å². The first kappa shape index (κ1) is 15.5. The lowest BCUT2D eigenvalue weighted by atomic mass is 10.3. The third-order valence-corrected chi connectivity index (χ3v) is 4.33. The topological polar surface area (TPSA) is 79.5 Å². The minimum atomic E-state index is -0.292. The Balaban J connectivity index is 0. The molecule has 82 valence electrons. The smallest absolute Gasteiger partial charge is 0.144 e. The van der Waals surface area contributed by atoms with E-state index in [-0.39, 0.29) is 21.1 Å². The van der Waals surface area contributed by atoms with E-state index in [0.717, 1.165) is 12.8 Å². The first-order valence-electron chi connectivity index (χ1n) is 4.55. The molecule has 0 spiro atoms. The number of ether oxygens (including phenoxy) is 2. The molecule has 0 unspecified atom stereocenters. The summed E-state index contributed by atoms with van der Waals surface area (Å²) in [5.74, 6) is 0. The van der Waals surface area contributed by atoms with Crippen LogP contribution in [0.25, 0.3) is 0 Å². The minimum Gasteiger partial charge on any atom is -0.358 e. The molecule has 5 N–H and O–H groups in total. The second-order valence-electron chi connectivity index (χ2n) is 2.96. The summed E-state index contributed by atoms with van der Waals surface area (Å²) in [6.07, 6.45) is 1.92. The van der Waals surface area contributed by atoms with Gasteiger partial charge in [-0.05, 0) is 19.4 Å². The summed E-state index contributed by atoms with van der Waals surface area (Å²) >= 11 is 0. The van der Waals surface area contributed by atoms with Gasteiger partial charge in [-0.3, -0.25) is 0 Å². The van der Waals surface area contributed by atoms with E-state index in [2.05, 4.69) is 6.92 Å². The van der Waals surface area contributed by atoms with Gasteiger partial charge in [-0.2, -0.15) is 0 Å². The van der Waals surface area contributed by atoms with Gasteiger partial charge < -0.3 is 21.4 Å². The molecule has 0 fully saturated rings. The molecule has 0 aliphatic heterocycles. The molecule has 4 nitrogen and oxygen atoms in total. The van der Waals surface area contributed by atoms with Crippen molar-refractivity contribution in [2.24, 2.45) is 5.73 Å². The van der Waals surface area contributed by atoms with Crippen LogP contribution >= 0.6 is 0 Å². The third kappa shape index (κ3) is 5.38. The Morgan fingerprint density at radius 2 is 1.85 bits per heavy atom. The molecule has 0 aromatic carbocycles. The molecule has 0 aliphatic rings. The largest absolute Gasteiger partial charge is 0.358 e. The number of rotatable bonds is 7. The Hall–Kier alpha value is 0.0569. The Bertz CT molecular complexity index is 110. The second kappa shape index (κ2) is 8.65. The van der Waals surface area contributed by atoms with E-state index >= 15 is 0 Å². The van der Waals surface area contributed by atoms with Crippen LogP contribution in [0.15, 0.2) is 0 Å². The predicted molar refractivity (Wildman–Crippen MR) is 59.1 cm³/mol. The van der Waals surface area contributed by atoms with Gasteiger partial charge in [0.2, 0.25) is 0 Å². The van der Waals surface area contributed by atoms with Gasteiger partial charge in [-0.25, -0.2) is 0 Å². The molecular weight excluding hydrogens is 184 g/mol. The van der Waals surface area contributed by atoms with E-state index in [4.69, 9.17) is 15.2 Å².